The van der Waals surface area contributed by atoms with Crippen molar-refractivity contribution in [2.24, 2.45) is 0 Å². The van der Waals surface area contributed by atoms with Crippen molar-refractivity contribution in [3.05, 3.63) is 47.9 Å². The number of H-pyrrole nitrogens is 1. The molecule has 1 saturated heterocycles. The number of fused-ring (bicyclic) bond motifs is 1. The van der Waals surface area contributed by atoms with Crippen LogP contribution >= 0.6 is 0 Å². The van der Waals surface area contributed by atoms with Gasteiger partial charge in [-0.1, -0.05) is 0 Å². The largest absolute Gasteiger partial charge is 0.416 e. The first-order valence-electron chi connectivity index (χ1n) is 8.81. The Hall–Kier alpha value is -2.94. The van der Waals surface area contributed by atoms with Crippen LogP contribution in [0, 0.1) is 0 Å². The van der Waals surface area contributed by atoms with Gasteiger partial charge in [-0.3, -0.25) is 14.9 Å². The van der Waals surface area contributed by atoms with Gasteiger partial charge in [-0.25, -0.2) is 0 Å². The van der Waals surface area contributed by atoms with Crippen LogP contribution in [0.25, 0.3) is 22.0 Å². The summed E-state index contributed by atoms with van der Waals surface area (Å²) in [5.41, 5.74) is 0.575. The summed E-state index contributed by atoms with van der Waals surface area (Å²) in [7, 11) is 1.99. The van der Waals surface area contributed by atoms with Crippen LogP contribution in [-0.4, -0.2) is 64.1 Å². The van der Waals surface area contributed by atoms with Gasteiger partial charge in [-0.15, -0.1) is 0 Å². The molecule has 2 aromatic heterocycles. The molecule has 0 radical (unpaired) electrons. The summed E-state index contributed by atoms with van der Waals surface area (Å²) in [6.45, 7) is 2.73. The monoisotopic (exact) mass is 389 g/mol. The summed E-state index contributed by atoms with van der Waals surface area (Å²) in [4.78, 5) is 20.8. The molecule has 0 unspecified atom stereocenters. The number of hydrogen-bond donors (Lipinski definition) is 1. The van der Waals surface area contributed by atoms with E-state index >= 15 is 0 Å². The molecule has 0 saturated carbocycles. The number of hydrogen-bond acceptors (Lipinski definition) is 4. The topological polar surface area (TPSA) is 65.1 Å². The van der Waals surface area contributed by atoms with E-state index in [-0.39, 0.29) is 17.1 Å². The third-order valence-electron chi connectivity index (χ3n) is 4.97. The maximum atomic E-state index is 13.3. The minimum Gasteiger partial charge on any atom is -0.335 e. The van der Waals surface area contributed by atoms with Crippen molar-refractivity contribution in [3.8, 4) is 11.1 Å². The Labute approximate surface area is 159 Å². The highest BCUT2D eigenvalue weighted by atomic mass is 19.4. The molecule has 1 fully saturated rings. The maximum Gasteiger partial charge on any atom is 0.416 e. The van der Waals surface area contributed by atoms with Gasteiger partial charge < -0.3 is 9.80 Å². The molecule has 3 aromatic rings. The molecular formula is C19H18F3N5O. The zero-order valence-corrected chi connectivity index (χ0v) is 15.1. The highest BCUT2D eigenvalue weighted by molar-refractivity contribution is 5.98. The molecule has 1 aliphatic heterocycles. The second-order valence-electron chi connectivity index (χ2n) is 6.88. The third kappa shape index (κ3) is 3.45. The summed E-state index contributed by atoms with van der Waals surface area (Å²) in [5, 5.41) is 7.00. The first-order valence-corrected chi connectivity index (χ1v) is 8.81. The molecule has 0 bridgehead atoms. The Morgan fingerprint density at radius 3 is 2.61 bits per heavy atom. The molecule has 146 valence electrons. The highest BCUT2D eigenvalue weighted by Gasteiger charge is 2.32. The first-order chi connectivity index (χ1) is 13.3. The summed E-state index contributed by atoms with van der Waals surface area (Å²) >= 11 is 0. The van der Waals surface area contributed by atoms with E-state index < -0.39 is 11.7 Å². The second kappa shape index (κ2) is 6.90. The number of halogens is 3. The average molecular weight is 389 g/mol. The lowest BCUT2D eigenvalue weighted by molar-refractivity contribution is -0.137. The Kier molecular flexibility index (Phi) is 4.54. The van der Waals surface area contributed by atoms with Gasteiger partial charge in [0.15, 0.2) is 0 Å². The minimum atomic E-state index is -4.49. The van der Waals surface area contributed by atoms with Crippen molar-refractivity contribution in [1.82, 2.24) is 25.0 Å². The van der Waals surface area contributed by atoms with Crippen molar-refractivity contribution >= 4 is 16.8 Å². The molecule has 9 heteroatoms. The average Bonchev–Trinajstić information content (AvgIpc) is 3.15. The molecule has 6 nitrogen and oxygen atoms in total. The Morgan fingerprint density at radius 2 is 1.89 bits per heavy atom. The molecule has 1 aromatic carbocycles. The molecule has 0 atom stereocenters. The van der Waals surface area contributed by atoms with E-state index in [1.807, 2.05) is 7.05 Å². The maximum absolute atomic E-state index is 13.3. The van der Waals surface area contributed by atoms with Crippen LogP contribution in [0.4, 0.5) is 13.2 Å². The number of piperazine rings is 1. The fraction of sp³-hybridized carbons (Fsp3) is 0.316. The number of aromatic amines is 1. The minimum absolute atomic E-state index is 0.217. The number of pyridine rings is 1. The van der Waals surface area contributed by atoms with Gasteiger partial charge in [0.05, 0.1) is 17.3 Å². The van der Waals surface area contributed by atoms with Crippen molar-refractivity contribution in [1.29, 1.82) is 0 Å². The van der Waals surface area contributed by atoms with Gasteiger partial charge in [0.25, 0.3) is 5.91 Å². The number of rotatable bonds is 2. The predicted octanol–water partition coefficient (Wildman–Crippen LogP) is 3.03. The van der Waals surface area contributed by atoms with Crippen LogP contribution in [0.5, 0.6) is 0 Å². The highest BCUT2D eigenvalue weighted by Crippen LogP contribution is 2.36. The number of nitrogens with zero attached hydrogens (tertiary/aromatic N) is 4. The van der Waals surface area contributed by atoms with Crippen LogP contribution in [0.3, 0.4) is 0 Å². The standard InChI is InChI=1S/C19H18F3N5O/c1-26-4-6-27(7-5-26)18(28)17-8-12(2-3-23-17)14-9-13(19(20,21)22)10-16-15(14)11-24-25-16/h2-3,8-11H,4-7H2,1H3,(H,24,25). The van der Waals surface area contributed by atoms with Gasteiger partial charge >= 0.3 is 6.18 Å². The van der Waals surface area contributed by atoms with E-state index in [0.29, 0.717) is 29.6 Å². The summed E-state index contributed by atoms with van der Waals surface area (Å²) in [6.07, 6.45) is -1.56. The summed E-state index contributed by atoms with van der Waals surface area (Å²) < 4.78 is 39.9. The quantitative estimate of drug-likeness (QED) is 0.732. The van der Waals surface area contributed by atoms with Crippen molar-refractivity contribution in [3.63, 3.8) is 0 Å². The SMILES string of the molecule is CN1CCN(C(=O)c2cc(-c3cc(C(F)(F)F)cc4[nH]ncc34)ccn2)CC1. The molecule has 1 amide bonds. The number of alkyl halides is 3. The van der Waals surface area contributed by atoms with Crippen LogP contribution in [-0.2, 0) is 6.18 Å². The number of nitrogens with one attached hydrogen (secondary N) is 1. The number of amides is 1. The molecule has 3 heterocycles. The number of carbonyl (C=O) groups is 1. The van der Waals surface area contributed by atoms with Crippen LogP contribution in [0.1, 0.15) is 16.1 Å². The lowest BCUT2D eigenvalue weighted by Crippen LogP contribution is -2.47. The van der Waals surface area contributed by atoms with Crippen molar-refractivity contribution in [2.75, 3.05) is 33.2 Å². The number of carbonyl (C=O) groups excluding carboxylic acids is 1. The molecule has 1 N–H and O–H groups in total. The van der Waals surface area contributed by atoms with Crippen LogP contribution < -0.4 is 0 Å². The number of likely N-dealkylation sites (N-methyl/N-ethyl adjacent to an activating group) is 1. The Morgan fingerprint density at radius 1 is 1.14 bits per heavy atom. The molecule has 28 heavy (non-hydrogen) atoms. The van der Waals surface area contributed by atoms with E-state index in [9.17, 15) is 18.0 Å². The van der Waals surface area contributed by atoms with Crippen molar-refractivity contribution in [2.45, 2.75) is 6.18 Å². The lowest BCUT2D eigenvalue weighted by Gasteiger charge is -2.32. The van der Waals surface area contributed by atoms with E-state index in [1.54, 1.807) is 17.0 Å². The molecule has 1 aliphatic rings. The number of benzene rings is 1. The van der Waals surface area contributed by atoms with E-state index in [1.165, 1.54) is 12.4 Å². The zero-order chi connectivity index (χ0) is 19.9. The Bertz CT molecular complexity index is 1020. The van der Waals surface area contributed by atoms with Crippen molar-refractivity contribution < 1.29 is 18.0 Å². The van der Waals surface area contributed by atoms with Gasteiger partial charge in [-0.2, -0.15) is 18.3 Å². The molecule has 0 spiro atoms. The lowest BCUT2D eigenvalue weighted by atomic mass is 9.99. The summed E-state index contributed by atoms with van der Waals surface area (Å²) in [6, 6.07) is 5.26. The van der Waals surface area contributed by atoms with Crippen LogP contribution in [0.15, 0.2) is 36.7 Å². The second-order valence-corrected chi connectivity index (χ2v) is 6.88. The number of aromatic nitrogens is 3. The fourth-order valence-corrected chi connectivity index (χ4v) is 3.34. The van der Waals surface area contributed by atoms with Gasteiger partial charge in [-0.05, 0) is 42.4 Å². The molecular weight excluding hydrogens is 371 g/mol. The van der Waals surface area contributed by atoms with Gasteiger partial charge in [0.1, 0.15) is 5.69 Å². The fourth-order valence-electron chi connectivity index (χ4n) is 3.34. The van der Waals surface area contributed by atoms with E-state index in [0.717, 1.165) is 25.2 Å². The first kappa shape index (κ1) is 18.4. The normalized spacial score (nSPS) is 15.9. The molecule has 4 rings (SSSR count). The van der Waals surface area contributed by atoms with Gasteiger partial charge in [0.2, 0.25) is 0 Å². The Balaban J connectivity index is 1.74. The van der Waals surface area contributed by atoms with Crippen LogP contribution in [0.2, 0.25) is 0 Å². The third-order valence-corrected chi connectivity index (χ3v) is 4.97. The predicted molar refractivity (Wildman–Crippen MR) is 97.7 cm³/mol. The van der Waals surface area contributed by atoms with E-state index in [4.69, 9.17) is 0 Å². The van der Waals surface area contributed by atoms with Gasteiger partial charge in [0, 0.05) is 37.8 Å². The van der Waals surface area contributed by atoms with E-state index in [2.05, 4.69) is 20.1 Å². The summed E-state index contributed by atoms with van der Waals surface area (Å²) in [5.74, 6) is -0.217. The molecule has 0 aliphatic carbocycles. The smallest absolute Gasteiger partial charge is 0.335 e. The zero-order valence-electron chi connectivity index (χ0n) is 15.1.